The van der Waals surface area contributed by atoms with E-state index in [1.54, 1.807) is 0 Å². The average molecular weight is 382 g/mol. The maximum Gasteiger partial charge on any atom is 0.262 e. The fourth-order valence-electron chi connectivity index (χ4n) is 3.85. The number of azide groups is 1. The summed E-state index contributed by atoms with van der Waals surface area (Å²) in [6.45, 7) is 6.46. The fraction of sp³-hybridized carbons (Fsp3) is 0.333. The summed E-state index contributed by atoms with van der Waals surface area (Å²) >= 11 is 0. The van der Waals surface area contributed by atoms with Crippen LogP contribution in [0.4, 0.5) is 4.39 Å². The molecule has 27 heavy (non-hydrogen) atoms. The van der Waals surface area contributed by atoms with Crippen molar-refractivity contribution in [1.29, 1.82) is 0 Å². The molecule has 1 aliphatic rings. The quantitative estimate of drug-likeness (QED) is 0.315. The molecule has 140 valence electrons. The average Bonchev–Trinajstić information content (AvgIpc) is 2.99. The predicted octanol–water partition coefficient (Wildman–Crippen LogP) is 4.87. The SMILES string of the molecule is CC(C)(C)[Si](O[C@@H]1C[C@@H](N=[N+]=[N-])C=C1F)(c1ccccc1)c1ccccc1. The Hall–Kier alpha value is -2.40. The van der Waals surface area contributed by atoms with Crippen molar-refractivity contribution < 1.29 is 8.82 Å². The topological polar surface area (TPSA) is 58.0 Å². The molecule has 0 unspecified atom stereocenters. The molecular formula is C21H24FN3OSi. The maximum atomic E-state index is 14.7. The normalized spacial score (nSPS) is 20.1. The van der Waals surface area contributed by atoms with E-state index in [1.807, 2.05) is 36.4 Å². The summed E-state index contributed by atoms with van der Waals surface area (Å²) < 4.78 is 21.4. The highest BCUT2D eigenvalue weighted by molar-refractivity contribution is 6.99. The first-order chi connectivity index (χ1) is 12.9. The highest BCUT2D eigenvalue weighted by atomic mass is 28.4. The molecule has 0 aromatic heterocycles. The zero-order chi connectivity index (χ0) is 19.5. The van der Waals surface area contributed by atoms with Gasteiger partial charge in [-0.2, -0.15) is 0 Å². The van der Waals surface area contributed by atoms with Gasteiger partial charge in [0.25, 0.3) is 8.32 Å². The molecule has 0 N–H and O–H groups in total. The molecule has 4 nitrogen and oxygen atoms in total. The third-order valence-corrected chi connectivity index (χ3v) is 10.1. The minimum atomic E-state index is -2.82. The number of rotatable bonds is 5. The lowest BCUT2D eigenvalue weighted by Crippen LogP contribution is -2.67. The Labute approximate surface area is 160 Å². The lowest BCUT2D eigenvalue weighted by atomic mass is 10.2. The van der Waals surface area contributed by atoms with Gasteiger partial charge in [0.1, 0.15) is 5.83 Å². The minimum absolute atomic E-state index is 0.230. The Morgan fingerprint density at radius 2 is 1.56 bits per heavy atom. The zero-order valence-electron chi connectivity index (χ0n) is 15.8. The molecule has 0 saturated heterocycles. The molecule has 0 radical (unpaired) electrons. The summed E-state index contributed by atoms with van der Waals surface area (Å²) in [7, 11) is -2.82. The van der Waals surface area contributed by atoms with Crippen LogP contribution in [0.5, 0.6) is 0 Å². The smallest absolute Gasteiger partial charge is 0.262 e. The van der Waals surface area contributed by atoms with Crippen LogP contribution in [0.25, 0.3) is 10.4 Å². The van der Waals surface area contributed by atoms with E-state index in [0.717, 1.165) is 10.4 Å². The standard InChI is InChI=1S/C21H24FN3OSi/c1-21(2,3)27(17-10-6-4-7-11-17,18-12-8-5-9-13-18)26-20-15-16(24-25-23)14-19(20)22/h4-14,16,20H,15H2,1-3H3/t16-,20+/m0/s1. The zero-order valence-corrected chi connectivity index (χ0v) is 16.8. The predicted molar refractivity (Wildman–Crippen MR) is 109 cm³/mol. The van der Waals surface area contributed by atoms with Gasteiger partial charge in [0, 0.05) is 4.91 Å². The van der Waals surface area contributed by atoms with E-state index in [1.165, 1.54) is 6.08 Å². The maximum absolute atomic E-state index is 14.7. The van der Waals surface area contributed by atoms with Gasteiger partial charge in [-0.3, -0.25) is 0 Å². The highest BCUT2D eigenvalue weighted by Gasteiger charge is 2.52. The summed E-state index contributed by atoms with van der Waals surface area (Å²) in [5.41, 5.74) is 8.69. The fourth-order valence-corrected chi connectivity index (χ4v) is 8.50. The third kappa shape index (κ3) is 3.69. The Morgan fingerprint density at radius 3 is 2.00 bits per heavy atom. The van der Waals surface area contributed by atoms with Crippen LogP contribution in [0.2, 0.25) is 5.04 Å². The Kier molecular flexibility index (Phi) is 5.51. The van der Waals surface area contributed by atoms with E-state index in [-0.39, 0.29) is 10.9 Å². The Morgan fingerprint density at radius 1 is 1.04 bits per heavy atom. The lowest BCUT2D eigenvalue weighted by molar-refractivity contribution is 0.194. The second-order valence-electron chi connectivity index (χ2n) is 7.83. The van der Waals surface area contributed by atoms with E-state index in [9.17, 15) is 4.39 Å². The van der Waals surface area contributed by atoms with Crippen LogP contribution in [0.15, 0.2) is 77.7 Å². The van der Waals surface area contributed by atoms with Crippen molar-refractivity contribution in [3.63, 3.8) is 0 Å². The van der Waals surface area contributed by atoms with E-state index >= 15 is 0 Å². The molecule has 0 bridgehead atoms. The summed E-state index contributed by atoms with van der Waals surface area (Å²) in [4.78, 5) is 2.82. The van der Waals surface area contributed by atoms with E-state index in [2.05, 4.69) is 55.1 Å². The largest absolute Gasteiger partial charge is 0.398 e. The number of benzene rings is 2. The van der Waals surface area contributed by atoms with Crippen molar-refractivity contribution in [2.24, 2.45) is 5.11 Å². The summed E-state index contributed by atoms with van der Waals surface area (Å²) in [6.07, 6.45) is 1.01. The van der Waals surface area contributed by atoms with Crippen LogP contribution in [0, 0.1) is 0 Å². The van der Waals surface area contributed by atoms with Gasteiger partial charge in [-0.1, -0.05) is 86.5 Å². The number of hydrogen-bond acceptors (Lipinski definition) is 2. The number of hydrogen-bond donors (Lipinski definition) is 0. The van der Waals surface area contributed by atoms with Gasteiger partial charge >= 0.3 is 0 Å². The van der Waals surface area contributed by atoms with Crippen molar-refractivity contribution in [2.45, 2.75) is 44.4 Å². The lowest BCUT2D eigenvalue weighted by Gasteiger charge is -2.44. The van der Waals surface area contributed by atoms with Crippen LogP contribution >= 0.6 is 0 Å². The molecule has 0 heterocycles. The second kappa shape index (κ2) is 7.68. The van der Waals surface area contributed by atoms with Crippen molar-refractivity contribution >= 4 is 18.7 Å². The van der Waals surface area contributed by atoms with Crippen LogP contribution in [-0.2, 0) is 4.43 Å². The molecule has 2 aromatic carbocycles. The van der Waals surface area contributed by atoms with Crippen LogP contribution in [-0.4, -0.2) is 20.5 Å². The summed E-state index contributed by atoms with van der Waals surface area (Å²) in [6, 6.07) is 19.7. The molecule has 0 saturated carbocycles. The van der Waals surface area contributed by atoms with Gasteiger partial charge in [-0.25, -0.2) is 4.39 Å². The van der Waals surface area contributed by atoms with Gasteiger partial charge in [0.05, 0.1) is 12.1 Å². The molecule has 6 heteroatoms. The van der Waals surface area contributed by atoms with Crippen molar-refractivity contribution in [3.8, 4) is 0 Å². The Balaban J connectivity index is 2.13. The molecule has 2 atom stereocenters. The van der Waals surface area contributed by atoms with Gasteiger partial charge in [0.15, 0.2) is 0 Å². The van der Waals surface area contributed by atoms with Crippen molar-refractivity contribution in [2.75, 3.05) is 0 Å². The summed E-state index contributed by atoms with van der Waals surface area (Å²) in [5.74, 6) is -0.347. The van der Waals surface area contributed by atoms with Gasteiger partial charge in [-0.15, -0.1) is 0 Å². The molecule has 2 aromatic rings. The monoisotopic (exact) mass is 381 g/mol. The molecule has 1 aliphatic carbocycles. The first kappa shape index (κ1) is 19.4. The van der Waals surface area contributed by atoms with E-state index in [0.29, 0.717) is 6.42 Å². The van der Waals surface area contributed by atoms with Crippen LogP contribution < -0.4 is 10.4 Å². The third-order valence-electron chi connectivity index (χ3n) is 5.05. The van der Waals surface area contributed by atoms with Crippen LogP contribution in [0.1, 0.15) is 27.2 Å². The summed E-state index contributed by atoms with van der Waals surface area (Å²) in [5, 5.41) is 5.63. The van der Waals surface area contributed by atoms with Crippen molar-refractivity contribution in [1.82, 2.24) is 0 Å². The van der Waals surface area contributed by atoms with Crippen LogP contribution in [0.3, 0.4) is 0 Å². The number of nitrogens with zero attached hydrogens (tertiary/aromatic N) is 3. The van der Waals surface area contributed by atoms with Gasteiger partial charge < -0.3 is 4.43 Å². The van der Waals surface area contributed by atoms with Crippen molar-refractivity contribution in [3.05, 3.63) is 83.0 Å². The first-order valence-electron chi connectivity index (χ1n) is 9.09. The molecule has 0 fully saturated rings. The Bertz CT molecular complexity index is 819. The van der Waals surface area contributed by atoms with Gasteiger partial charge in [-0.05, 0) is 33.4 Å². The second-order valence-corrected chi connectivity index (χ2v) is 12.1. The van der Waals surface area contributed by atoms with E-state index < -0.39 is 20.5 Å². The molecule has 0 aliphatic heterocycles. The molecule has 3 rings (SSSR count). The minimum Gasteiger partial charge on any atom is -0.398 e. The highest BCUT2D eigenvalue weighted by Crippen LogP contribution is 2.40. The molecular weight excluding hydrogens is 357 g/mol. The first-order valence-corrected chi connectivity index (χ1v) is 11.0. The molecule has 0 amide bonds. The molecule has 0 spiro atoms. The van der Waals surface area contributed by atoms with Gasteiger partial charge in [0.2, 0.25) is 0 Å². The number of halogens is 1. The van der Waals surface area contributed by atoms with E-state index in [4.69, 9.17) is 9.96 Å².